The van der Waals surface area contributed by atoms with Gasteiger partial charge in [0.25, 0.3) is 11.1 Å². The van der Waals surface area contributed by atoms with Crippen molar-refractivity contribution in [1.29, 1.82) is 0 Å². The van der Waals surface area contributed by atoms with Crippen molar-refractivity contribution in [3.05, 3.63) is 84.5 Å². The Morgan fingerprint density at radius 1 is 1.10 bits per heavy atom. The average molecular weight is 441 g/mol. The van der Waals surface area contributed by atoms with Crippen molar-refractivity contribution in [3.8, 4) is 11.1 Å². The molecule has 0 unspecified atom stereocenters. The highest BCUT2D eigenvalue weighted by Gasteiger charge is 2.14. The van der Waals surface area contributed by atoms with Crippen molar-refractivity contribution in [1.82, 2.24) is 18.9 Å². The van der Waals surface area contributed by atoms with Crippen LogP contribution in [0.25, 0.3) is 26.3 Å². The minimum Gasteiger partial charge on any atom is -0.293 e. The monoisotopic (exact) mass is 440 g/mol. The van der Waals surface area contributed by atoms with Gasteiger partial charge < -0.3 is 0 Å². The fourth-order valence-corrected chi connectivity index (χ4v) is 5.20. The molecule has 9 heteroatoms. The number of benzene rings is 1. The molecule has 144 valence electrons. The van der Waals surface area contributed by atoms with Gasteiger partial charge >= 0.3 is 0 Å². The summed E-state index contributed by atoms with van der Waals surface area (Å²) in [5.74, 6) is 0. The number of thiazole rings is 1. The van der Waals surface area contributed by atoms with E-state index < -0.39 is 0 Å². The van der Waals surface area contributed by atoms with E-state index in [0.29, 0.717) is 25.9 Å². The van der Waals surface area contributed by atoms with E-state index in [2.05, 4.69) is 9.97 Å². The minimum absolute atomic E-state index is 0.150. The number of hydrogen-bond acceptors (Lipinski definition) is 6. The number of hydrogen-bond donors (Lipinski definition) is 0. The highest BCUT2D eigenvalue weighted by atomic mass is 35.5. The largest absolute Gasteiger partial charge is 0.293 e. The van der Waals surface area contributed by atoms with Gasteiger partial charge in [-0.1, -0.05) is 23.7 Å². The van der Waals surface area contributed by atoms with E-state index >= 15 is 0 Å². The summed E-state index contributed by atoms with van der Waals surface area (Å²) in [5, 5.41) is 5.01. The zero-order valence-electron chi connectivity index (χ0n) is 15.1. The molecule has 1 aromatic carbocycles. The average Bonchev–Trinajstić information content (AvgIpc) is 3.29. The Kier molecular flexibility index (Phi) is 4.34. The molecule has 0 N–H and O–H groups in total. The molecule has 0 bridgehead atoms. The normalized spacial score (nSPS) is 11.5. The van der Waals surface area contributed by atoms with Gasteiger partial charge in [-0.2, -0.15) is 0 Å². The van der Waals surface area contributed by atoms with Crippen LogP contribution in [-0.4, -0.2) is 18.9 Å². The lowest BCUT2D eigenvalue weighted by Crippen LogP contribution is -2.23. The Balaban J connectivity index is 1.62. The van der Waals surface area contributed by atoms with Crippen molar-refractivity contribution in [2.24, 2.45) is 0 Å². The van der Waals surface area contributed by atoms with Crippen LogP contribution >= 0.6 is 34.3 Å². The van der Waals surface area contributed by atoms with Crippen LogP contribution in [0.4, 0.5) is 0 Å². The molecule has 5 aromatic rings. The molecular formula is C20H13ClN4O2S2. The molecule has 0 saturated heterocycles. The number of aromatic nitrogens is 4. The van der Waals surface area contributed by atoms with Gasteiger partial charge in [-0.15, -0.1) is 22.7 Å². The highest BCUT2D eigenvalue weighted by Crippen LogP contribution is 2.31. The molecule has 0 aliphatic rings. The van der Waals surface area contributed by atoms with Gasteiger partial charge in [-0.25, -0.2) is 9.97 Å². The van der Waals surface area contributed by atoms with Gasteiger partial charge in [0.05, 0.1) is 24.0 Å². The summed E-state index contributed by atoms with van der Waals surface area (Å²) in [7, 11) is 0. The maximum atomic E-state index is 13.2. The lowest BCUT2D eigenvalue weighted by atomic mass is 10.1. The van der Waals surface area contributed by atoms with E-state index in [4.69, 9.17) is 11.6 Å². The first-order valence-corrected chi connectivity index (χ1v) is 10.8. The maximum Gasteiger partial charge on any atom is 0.263 e. The van der Waals surface area contributed by atoms with E-state index in [0.717, 1.165) is 16.8 Å². The van der Waals surface area contributed by atoms with Crippen LogP contribution in [0, 0.1) is 6.92 Å². The summed E-state index contributed by atoms with van der Waals surface area (Å²) in [6.45, 7) is 2.05. The van der Waals surface area contributed by atoms with E-state index in [1.54, 1.807) is 16.5 Å². The molecule has 4 aromatic heterocycles. The first kappa shape index (κ1) is 18.2. The first-order chi connectivity index (χ1) is 14.0. The van der Waals surface area contributed by atoms with Crippen LogP contribution in [0.5, 0.6) is 0 Å². The van der Waals surface area contributed by atoms with E-state index in [9.17, 15) is 9.59 Å². The second-order valence-electron chi connectivity index (χ2n) is 6.59. The second-order valence-corrected chi connectivity index (χ2v) is 8.73. The van der Waals surface area contributed by atoms with Crippen LogP contribution in [0.3, 0.4) is 0 Å². The zero-order valence-corrected chi connectivity index (χ0v) is 17.5. The third-order valence-electron chi connectivity index (χ3n) is 4.68. The van der Waals surface area contributed by atoms with Crippen LogP contribution in [0.2, 0.25) is 5.02 Å². The van der Waals surface area contributed by atoms with Crippen LogP contribution in [0.15, 0.2) is 57.0 Å². The van der Waals surface area contributed by atoms with E-state index in [1.807, 2.05) is 29.8 Å². The zero-order chi connectivity index (χ0) is 20.1. The molecule has 0 aliphatic carbocycles. The molecule has 0 aliphatic heterocycles. The lowest BCUT2D eigenvalue weighted by molar-refractivity contribution is 0.728. The summed E-state index contributed by atoms with van der Waals surface area (Å²) in [6, 6.07) is 8.83. The molecule has 4 heterocycles. The third-order valence-corrected chi connectivity index (χ3v) is 6.76. The molecule has 0 radical (unpaired) electrons. The Morgan fingerprint density at radius 2 is 1.90 bits per heavy atom. The van der Waals surface area contributed by atoms with Gasteiger partial charge in [-0.05, 0) is 24.6 Å². The topological polar surface area (TPSA) is 69.3 Å². The predicted octanol–water partition coefficient (Wildman–Crippen LogP) is 4.20. The number of nitrogens with zero attached hydrogens (tertiary/aromatic N) is 4. The van der Waals surface area contributed by atoms with Crippen molar-refractivity contribution < 1.29 is 0 Å². The Bertz CT molecular complexity index is 1500. The Hall–Kier alpha value is -2.81. The van der Waals surface area contributed by atoms with Gasteiger partial charge in [0.2, 0.25) is 0 Å². The summed E-state index contributed by atoms with van der Waals surface area (Å²) in [4.78, 5) is 35.9. The van der Waals surface area contributed by atoms with Crippen molar-refractivity contribution in [2.45, 2.75) is 13.5 Å². The van der Waals surface area contributed by atoms with Crippen molar-refractivity contribution >= 4 is 49.5 Å². The van der Waals surface area contributed by atoms with Crippen LogP contribution in [-0.2, 0) is 6.54 Å². The SMILES string of the molecule is Cc1csc2nc(Cn3cnc4scc(-c5ccc(Cl)cc5)c4c3=O)cc(=O)n12. The molecule has 0 fully saturated rings. The molecule has 0 atom stereocenters. The predicted molar refractivity (Wildman–Crippen MR) is 118 cm³/mol. The smallest absolute Gasteiger partial charge is 0.263 e. The van der Waals surface area contributed by atoms with Crippen LogP contribution < -0.4 is 11.1 Å². The molecule has 5 rings (SSSR count). The minimum atomic E-state index is -0.162. The molecule has 0 amide bonds. The fraction of sp³-hybridized carbons (Fsp3) is 0.100. The van der Waals surface area contributed by atoms with Gasteiger partial charge in [0.15, 0.2) is 4.96 Å². The number of thiophene rings is 1. The lowest BCUT2D eigenvalue weighted by Gasteiger charge is -2.06. The Morgan fingerprint density at radius 3 is 2.69 bits per heavy atom. The molecular weight excluding hydrogens is 428 g/mol. The summed E-state index contributed by atoms with van der Waals surface area (Å²) in [6.07, 6.45) is 1.51. The second kappa shape index (κ2) is 6.91. The number of rotatable bonds is 3. The standard InChI is InChI=1S/C20H13ClN4O2S2/c1-11-8-29-20-23-14(6-16(26)25(11)20)7-24-10-22-18-17(19(24)27)15(9-28-18)12-2-4-13(21)5-3-12/h2-6,8-10H,7H2,1H3. The van der Waals surface area contributed by atoms with Gasteiger partial charge in [0, 0.05) is 33.1 Å². The first-order valence-electron chi connectivity index (χ1n) is 8.70. The maximum absolute atomic E-state index is 13.2. The number of aryl methyl sites for hydroxylation is 1. The molecule has 6 nitrogen and oxygen atoms in total. The molecule has 0 saturated carbocycles. The number of fused-ring (bicyclic) bond motifs is 2. The number of halogens is 1. The summed E-state index contributed by atoms with van der Waals surface area (Å²) in [5.41, 5.74) is 2.80. The van der Waals surface area contributed by atoms with Gasteiger partial charge in [-0.3, -0.25) is 18.6 Å². The van der Waals surface area contributed by atoms with Crippen LogP contribution in [0.1, 0.15) is 11.4 Å². The third kappa shape index (κ3) is 3.09. The molecule has 0 spiro atoms. The summed E-state index contributed by atoms with van der Waals surface area (Å²) < 4.78 is 3.06. The van der Waals surface area contributed by atoms with Crippen molar-refractivity contribution in [2.75, 3.05) is 0 Å². The van der Waals surface area contributed by atoms with Gasteiger partial charge in [0.1, 0.15) is 4.83 Å². The fourth-order valence-electron chi connectivity index (χ4n) is 3.28. The van der Waals surface area contributed by atoms with Crippen molar-refractivity contribution in [3.63, 3.8) is 0 Å². The molecule has 29 heavy (non-hydrogen) atoms. The summed E-state index contributed by atoms with van der Waals surface area (Å²) >= 11 is 8.81. The highest BCUT2D eigenvalue weighted by molar-refractivity contribution is 7.17. The van der Waals surface area contributed by atoms with E-state index in [1.165, 1.54) is 39.6 Å². The Labute approximate surface area is 177 Å². The van der Waals surface area contributed by atoms with E-state index in [-0.39, 0.29) is 17.7 Å². The quantitative estimate of drug-likeness (QED) is 0.421.